The topological polar surface area (TPSA) is 70.8 Å². The van der Waals surface area contributed by atoms with Crippen molar-refractivity contribution in [3.63, 3.8) is 0 Å². The van der Waals surface area contributed by atoms with Gasteiger partial charge in [0.1, 0.15) is 18.2 Å². The molecule has 1 aliphatic heterocycles. The van der Waals surface area contributed by atoms with Crippen molar-refractivity contribution in [3.8, 4) is 0 Å². The molecule has 23 heavy (non-hydrogen) atoms. The van der Waals surface area contributed by atoms with E-state index in [2.05, 4.69) is 27.7 Å². The summed E-state index contributed by atoms with van der Waals surface area (Å²) in [4.78, 5) is 12.1. The van der Waals surface area contributed by atoms with Crippen LogP contribution in [-0.2, 0) is 19.0 Å². The molecule has 1 rings (SSSR count). The molecule has 0 amide bonds. The highest BCUT2D eigenvalue weighted by Crippen LogP contribution is 2.22. The fourth-order valence-electron chi connectivity index (χ4n) is 2.67. The first-order valence-corrected chi connectivity index (χ1v) is 9.00. The molecule has 1 heterocycles. The second-order valence-corrected chi connectivity index (χ2v) is 7.49. The van der Waals surface area contributed by atoms with E-state index in [0.717, 1.165) is 19.3 Å². The average Bonchev–Trinajstić information content (AvgIpc) is 2.46. The summed E-state index contributed by atoms with van der Waals surface area (Å²) in [6.07, 6.45) is 2.81. The first kappa shape index (κ1) is 20.4. The van der Waals surface area contributed by atoms with E-state index in [1.807, 2.05) is 6.92 Å². The summed E-state index contributed by atoms with van der Waals surface area (Å²) < 4.78 is 17.7. The van der Waals surface area contributed by atoms with Gasteiger partial charge in [-0.3, -0.25) is 4.79 Å². The number of cyclic esters (lactones) is 1. The number of hydrogen-bond acceptors (Lipinski definition) is 5. The van der Waals surface area contributed by atoms with E-state index in [0.29, 0.717) is 31.5 Å². The fourth-order valence-corrected chi connectivity index (χ4v) is 2.67. The lowest BCUT2D eigenvalue weighted by Gasteiger charge is -2.34. The van der Waals surface area contributed by atoms with Crippen molar-refractivity contribution in [1.82, 2.24) is 0 Å². The van der Waals surface area contributed by atoms with Crippen molar-refractivity contribution >= 4 is 5.97 Å². The molecule has 4 atom stereocenters. The van der Waals surface area contributed by atoms with Gasteiger partial charge in [-0.1, -0.05) is 40.5 Å². The van der Waals surface area contributed by atoms with Crippen LogP contribution >= 0.6 is 0 Å². The predicted molar refractivity (Wildman–Crippen MR) is 91.2 cm³/mol. The van der Waals surface area contributed by atoms with Gasteiger partial charge in [-0.2, -0.15) is 0 Å². The molecule has 5 heteroatoms. The lowest BCUT2D eigenvalue weighted by Crippen LogP contribution is -2.46. The van der Waals surface area contributed by atoms with Crippen LogP contribution in [0.3, 0.4) is 0 Å². The van der Waals surface area contributed by atoms with Crippen molar-refractivity contribution in [2.45, 2.75) is 84.7 Å². The Bertz CT molecular complexity index is 346. The minimum Gasteiger partial charge on any atom is -0.459 e. The van der Waals surface area contributed by atoms with Gasteiger partial charge < -0.3 is 19.9 Å². The number of hydrogen-bond donors (Lipinski definition) is 1. The number of nitrogens with two attached hydrogens (primary N) is 1. The monoisotopic (exact) mass is 329 g/mol. The van der Waals surface area contributed by atoms with Crippen molar-refractivity contribution < 1.29 is 19.0 Å². The minimum absolute atomic E-state index is 0.0479. The highest BCUT2D eigenvalue weighted by atomic mass is 16.6. The molecule has 2 N–H and O–H groups in total. The van der Waals surface area contributed by atoms with Gasteiger partial charge in [0.15, 0.2) is 0 Å². The third kappa shape index (κ3) is 7.64. The van der Waals surface area contributed by atoms with Crippen molar-refractivity contribution in [2.75, 3.05) is 13.2 Å². The SMILES string of the molecule is CC(C)CO[C@H]1[C@H](C)OC(=O)[C@@H](N)CCCC[C@@H]1OCC(C)C. The molecule has 1 fully saturated rings. The molecular weight excluding hydrogens is 294 g/mol. The molecule has 0 aliphatic carbocycles. The van der Waals surface area contributed by atoms with Gasteiger partial charge in [-0.05, 0) is 31.6 Å². The third-order valence-corrected chi connectivity index (χ3v) is 3.95. The third-order valence-electron chi connectivity index (χ3n) is 3.95. The van der Waals surface area contributed by atoms with Crippen LogP contribution in [0.1, 0.15) is 60.3 Å². The maximum absolute atomic E-state index is 12.1. The predicted octanol–water partition coefficient (Wildman–Crippen LogP) is 2.90. The molecule has 136 valence electrons. The van der Waals surface area contributed by atoms with Crippen LogP contribution in [0, 0.1) is 11.8 Å². The zero-order valence-corrected chi connectivity index (χ0v) is 15.4. The maximum atomic E-state index is 12.1. The number of carbonyl (C=O) groups excluding carboxylic acids is 1. The Labute approximate surface area is 141 Å². The molecule has 0 aromatic carbocycles. The smallest absolute Gasteiger partial charge is 0.323 e. The van der Waals surface area contributed by atoms with E-state index in [9.17, 15) is 4.79 Å². The molecule has 0 spiro atoms. The largest absolute Gasteiger partial charge is 0.459 e. The standard InChI is InChI=1S/C18H35NO4/c1-12(2)10-21-16-9-7-6-8-15(19)18(20)23-14(5)17(16)22-11-13(3)4/h12-17H,6-11,19H2,1-5H3/t14-,15-,16-,17-/m0/s1. The Balaban J connectivity index is 2.83. The lowest BCUT2D eigenvalue weighted by atomic mass is 9.99. The van der Waals surface area contributed by atoms with Crippen molar-refractivity contribution in [1.29, 1.82) is 0 Å². The molecule has 5 nitrogen and oxygen atoms in total. The minimum atomic E-state index is -0.531. The second-order valence-electron chi connectivity index (χ2n) is 7.49. The Morgan fingerprint density at radius 1 is 1.09 bits per heavy atom. The summed E-state index contributed by atoms with van der Waals surface area (Å²) in [6, 6.07) is -0.531. The highest BCUT2D eigenvalue weighted by Gasteiger charge is 2.33. The van der Waals surface area contributed by atoms with Crippen molar-refractivity contribution in [2.24, 2.45) is 17.6 Å². The van der Waals surface area contributed by atoms with Crippen LogP contribution < -0.4 is 5.73 Å². The number of rotatable bonds is 6. The molecule has 0 aromatic heterocycles. The molecule has 1 saturated heterocycles. The number of ether oxygens (including phenoxy) is 3. The first-order chi connectivity index (χ1) is 10.8. The average molecular weight is 329 g/mol. The van der Waals surface area contributed by atoms with Crippen LogP contribution in [0.2, 0.25) is 0 Å². The lowest BCUT2D eigenvalue weighted by molar-refractivity contribution is -0.172. The summed E-state index contributed by atoms with van der Waals surface area (Å²) in [7, 11) is 0. The molecule has 0 radical (unpaired) electrons. The van der Waals surface area contributed by atoms with Gasteiger partial charge in [0.05, 0.1) is 6.10 Å². The Hall–Kier alpha value is -0.650. The molecular formula is C18H35NO4. The van der Waals surface area contributed by atoms with Crippen LogP contribution in [0.5, 0.6) is 0 Å². The second kappa shape index (κ2) is 10.3. The van der Waals surface area contributed by atoms with Gasteiger partial charge >= 0.3 is 5.97 Å². The van der Waals surface area contributed by atoms with Gasteiger partial charge in [0.25, 0.3) is 0 Å². The summed E-state index contributed by atoms with van der Waals surface area (Å²) in [6.45, 7) is 11.7. The number of carbonyl (C=O) groups is 1. The zero-order valence-electron chi connectivity index (χ0n) is 15.4. The van der Waals surface area contributed by atoms with Crippen LogP contribution in [0.15, 0.2) is 0 Å². The molecule has 0 aromatic rings. The van der Waals surface area contributed by atoms with Gasteiger partial charge in [-0.25, -0.2) is 0 Å². The summed E-state index contributed by atoms with van der Waals surface area (Å²) >= 11 is 0. The summed E-state index contributed by atoms with van der Waals surface area (Å²) in [5.41, 5.74) is 5.88. The molecule has 0 bridgehead atoms. The normalized spacial score (nSPS) is 30.5. The van der Waals surface area contributed by atoms with Crippen LogP contribution in [0.4, 0.5) is 0 Å². The van der Waals surface area contributed by atoms with E-state index in [1.165, 1.54) is 0 Å². The van der Waals surface area contributed by atoms with E-state index in [-0.39, 0.29) is 24.3 Å². The molecule has 1 aliphatic rings. The quantitative estimate of drug-likeness (QED) is 0.759. The zero-order chi connectivity index (χ0) is 17.4. The van der Waals surface area contributed by atoms with E-state index >= 15 is 0 Å². The van der Waals surface area contributed by atoms with Gasteiger partial charge in [-0.15, -0.1) is 0 Å². The number of esters is 1. The van der Waals surface area contributed by atoms with Crippen LogP contribution in [-0.4, -0.2) is 43.5 Å². The molecule has 0 saturated carbocycles. The Morgan fingerprint density at radius 2 is 1.65 bits per heavy atom. The summed E-state index contributed by atoms with van der Waals surface area (Å²) in [5.74, 6) is 0.545. The Morgan fingerprint density at radius 3 is 2.26 bits per heavy atom. The van der Waals surface area contributed by atoms with Crippen molar-refractivity contribution in [3.05, 3.63) is 0 Å². The van der Waals surface area contributed by atoms with Gasteiger partial charge in [0.2, 0.25) is 0 Å². The fraction of sp³-hybridized carbons (Fsp3) is 0.944. The Kier molecular flexibility index (Phi) is 9.10. The van der Waals surface area contributed by atoms with E-state index in [4.69, 9.17) is 19.9 Å². The van der Waals surface area contributed by atoms with Gasteiger partial charge in [0, 0.05) is 13.2 Å². The first-order valence-electron chi connectivity index (χ1n) is 9.00. The van der Waals surface area contributed by atoms with Crippen LogP contribution in [0.25, 0.3) is 0 Å². The molecule has 0 unspecified atom stereocenters. The maximum Gasteiger partial charge on any atom is 0.323 e. The highest BCUT2D eigenvalue weighted by molar-refractivity contribution is 5.75. The van der Waals surface area contributed by atoms with E-state index < -0.39 is 6.04 Å². The summed E-state index contributed by atoms with van der Waals surface area (Å²) in [5, 5.41) is 0. The van der Waals surface area contributed by atoms with E-state index in [1.54, 1.807) is 0 Å².